The quantitative estimate of drug-likeness (QED) is 0.823. The molecule has 1 aliphatic rings. The summed E-state index contributed by atoms with van der Waals surface area (Å²) >= 11 is 3.47. The van der Waals surface area contributed by atoms with Gasteiger partial charge >= 0.3 is 0 Å². The second kappa shape index (κ2) is 6.20. The third-order valence-electron chi connectivity index (χ3n) is 4.07. The van der Waals surface area contributed by atoms with E-state index in [1.54, 1.807) is 6.07 Å². The first-order valence-electron chi connectivity index (χ1n) is 7.42. The molecule has 122 valence electrons. The molecule has 1 N–H and O–H groups in total. The van der Waals surface area contributed by atoms with Gasteiger partial charge in [-0.1, -0.05) is 34.1 Å². The van der Waals surface area contributed by atoms with E-state index in [0.717, 1.165) is 14.9 Å². The second-order valence-corrected chi connectivity index (χ2v) is 6.50. The topological polar surface area (TPSA) is 66.5 Å². The van der Waals surface area contributed by atoms with Crippen molar-refractivity contribution in [3.8, 4) is 0 Å². The van der Waals surface area contributed by atoms with Gasteiger partial charge in [-0.05, 0) is 36.8 Å². The van der Waals surface area contributed by atoms with E-state index in [1.807, 2.05) is 31.2 Å². The monoisotopic (exact) mass is 386 g/mol. The van der Waals surface area contributed by atoms with Crippen LogP contribution in [0.3, 0.4) is 0 Å². The highest BCUT2D eigenvalue weighted by Crippen LogP contribution is 2.25. The number of hydrogen-bond acceptors (Lipinski definition) is 3. The Morgan fingerprint density at radius 3 is 2.46 bits per heavy atom. The average molecular weight is 387 g/mol. The van der Waals surface area contributed by atoms with Gasteiger partial charge in [-0.3, -0.25) is 19.3 Å². The molecule has 6 heteroatoms. The molecule has 0 radical (unpaired) electrons. The Hall–Kier alpha value is -2.47. The zero-order valence-corrected chi connectivity index (χ0v) is 14.8. The summed E-state index contributed by atoms with van der Waals surface area (Å²) in [5.41, 5.74) is 1.91. The van der Waals surface area contributed by atoms with E-state index in [1.165, 1.54) is 19.2 Å². The van der Waals surface area contributed by atoms with Gasteiger partial charge in [-0.2, -0.15) is 0 Å². The van der Waals surface area contributed by atoms with Crippen LogP contribution in [0.15, 0.2) is 46.9 Å². The molecule has 0 aromatic heterocycles. The Bertz CT molecular complexity index is 863. The Labute approximate surface area is 147 Å². The van der Waals surface area contributed by atoms with Gasteiger partial charge in [0.2, 0.25) is 0 Å². The van der Waals surface area contributed by atoms with Crippen LogP contribution in [0.2, 0.25) is 0 Å². The fraction of sp³-hybridized carbons (Fsp3) is 0.167. The summed E-state index contributed by atoms with van der Waals surface area (Å²) in [7, 11) is 1.43. The summed E-state index contributed by atoms with van der Waals surface area (Å²) in [5, 5.41) is 2.90. The summed E-state index contributed by atoms with van der Waals surface area (Å²) in [6.07, 6.45) is 0. The first-order chi connectivity index (χ1) is 11.4. The number of benzene rings is 2. The highest BCUT2D eigenvalue weighted by Gasteiger charge is 2.33. The standard InChI is InChI=1S/C18H15BrN2O3/c1-10(12-5-3-4-6-15(12)19)20-16(22)11-7-8-13-14(9-11)18(24)21(2)17(13)23/h3-10H,1-2H3,(H,20,22). The minimum Gasteiger partial charge on any atom is -0.345 e. The minimum atomic E-state index is -0.386. The summed E-state index contributed by atoms with van der Waals surface area (Å²) in [6, 6.07) is 12.0. The van der Waals surface area contributed by atoms with Gasteiger partial charge in [0.15, 0.2) is 0 Å². The van der Waals surface area contributed by atoms with Gasteiger partial charge < -0.3 is 5.32 Å². The molecule has 0 saturated heterocycles. The first-order valence-corrected chi connectivity index (χ1v) is 8.21. The number of nitrogens with zero attached hydrogens (tertiary/aromatic N) is 1. The predicted molar refractivity (Wildman–Crippen MR) is 92.9 cm³/mol. The van der Waals surface area contributed by atoms with Gasteiger partial charge in [0.25, 0.3) is 17.7 Å². The highest BCUT2D eigenvalue weighted by molar-refractivity contribution is 9.10. The van der Waals surface area contributed by atoms with Crippen molar-refractivity contribution in [2.75, 3.05) is 7.05 Å². The van der Waals surface area contributed by atoms with E-state index >= 15 is 0 Å². The van der Waals surface area contributed by atoms with Crippen molar-refractivity contribution in [1.82, 2.24) is 10.2 Å². The maximum absolute atomic E-state index is 12.5. The molecule has 3 rings (SSSR count). The van der Waals surface area contributed by atoms with Crippen molar-refractivity contribution in [1.29, 1.82) is 0 Å². The maximum atomic E-state index is 12.5. The van der Waals surface area contributed by atoms with Crippen LogP contribution in [0.25, 0.3) is 0 Å². The SMILES string of the molecule is CC(NC(=O)c1ccc2c(c1)C(=O)N(C)C2=O)c1ccccc1Br. The summed E-state index contributed by atoms with van der Waals surface area (Å²) in [5.74, 6) is -1.03. The van der Waals surface area contributed by atoms with Crippen molar-refractivity contribution in [3.63, 3.8) is 0 Å². The van der Waals surface area contributed by atoms with E-state index in [-0.39, 0.29) is 29.3 Å². The molecule has 3 amide bonds. The molecule has 1 aliphatic heterocycles. The zero-order chi connectivity index (χ0) is 17.4. The van der Waals surface area contributed by atoms with Crippen LogP contribution in [0, 0.1) is 0 Å². The van der Waals surface area contributed by atoms with E-state index in [4.69, 9.17) is 0 Å². The van der Waals surface area contributed by atoms with Gasteiger partial charge in [0.1, 0.15) is 0 Å². The number of imide groups is 1. The van der Waals surface area contributed by atoms with Crippen LogP contribution < -0.4 is 5.32 Å². The highest BCUT2D eigenvalue weighted by atomic mass is 79.9. The predicted octanol–water partition coefficient (Wildman–Crippen LogP) is 3.17. The fourth-order valence-electron chi connectivity index (χ4n) is 2.69. The number of rotatable bonds is 3. The summed E-state index contributed by atoms with van der Waals surface area (Å²) < 4.78 is 0.911. The molecule has 0 aliphatic carbocycles. The molecule has 1 unspecified atom stereocenters. The van der Waals surface area contributed by atoms with Crippen molar-refractivity contribution < 1.29 is 14.4 Å². The third-order valence-corrected chi connectivity index (χ3v) is 4.79. The molecule has 1 heterocycles. The maximum Gasteiger partial charge on any atom is 0.261 e. The number of hydrogen-bond donors (Lipinski definition) is 1. The number of halogens is 1. The zero-order valence-electron chi connectivity index (χ0n) is 13.2. The summed E-state index contributed by atoms with van der Waals surface area (Å²) in [6.45, 7) is 1.88. The van der Waals surface area contributed by atoms with Crippen molar-refractivity contribution >= 4 is 33.7 Å². The Kier molecular flexibility index (Phi) is 4.24. The normalized spacial score (nSPS) is 14.5. The number of nitrogens with one attached hydrogen (secondary N) is 1. The van der Waals surface area contributed by atoms with E-state index in [9.17, 15) is 14.4 Å². The van der Waals surface area contributed by atoms with Crippen LogP contribution in [0.1, 0.15) is 49.6 Å². The molecule has 5 nitrogen and oxygen atoms in total. The van der Waals surface area contributed by atoms with Crippen LogP contribution in [0.4, 0.5) is 0 Å². The lowest BCUT2D eigenvalue weighted by Gasteiger charge is -2.16. The number of amides is 3. The van der Waals surface area contributed by atoms with Crippen LogP contribution in [-0.2, 0) is 0 Å². The van der Waals surface area contributed by atoms with Gasteiger partial charge in [0, 0.05) is 17.1 Å². The minimum absolute atomic E-state index is 0.207. The molecule has 0 saturated carbocycles. The lowest BCUT2D eigenvalue weighted by molar-refractivity contribution is 0.0693. The average Bonchev–Trinajstić information content (AvgIpc) is 2.79. The Morgan fingerprint density at radius 2 is 1.75 bits per heavy atom. The van der Waals surface area contributed by atoms with E-state index in [0.29, 0.717) is 11.1 Å². The summed E-state index contributed by atoms with van der Waals surface area (Å²) in [4.78, 5) is 37.4. The van der Waals surface area contributed by atoms with Crippen LogP contribution >= 0.6 is 15.9 Å². The van der Waals surface area contributed by atoms with Crippen molar-refractivity contribution in [2.45, 2.75) is 13.0 Å². The van der Waals surface area contributed by atoms with Crippen LogP contribution in [-0.4, -0.2) is 29.7 Å². The number of carbonyl (C=O) groups is 3. The molecule has 0 bridgehead atoms. The van der Waals surface area contributed by atoms with Gasteiger partial charge in [0.05, 0.1) is 17.2 Å². The molecular formula is C18H15BrN2O3. The Balaban J connectivity index is 1.83. The van der Waals surface area contributed by atoms with E-state index in [2.05, 4.69) is 21.2 Å². The molecule has 24 heavy (non-hydrogen) atoms. The second-order valence-electron chi connectivity index (χ2n) is 5.65. The molecule has 1 atom stereocenters. The fourth-order valence-corrected chi connectivity index (χ4v) is 3.31. The molecule has 0 spiro atoms. The number of fused-ring (bicyclic) bond motifs is 1. The van der Waals surface area contributed by atoms with E-state index < -0.39 is 0 Å². The smallest absolute Gasteiger partial charge is 0.261 e. The van der Waals surface area contributed by atoms with Crippen LogP contribution in [0.5, 0.6) is 0 Å². The molecule has 2 aromatic carbocycles. The third kappa shape index (κ3) is 2.73. The van der Waals surface area contributed by atoms with Gasteiger partial charge in [-0.25, -0.2) is 0 Å². The Morgan fingerprint density at radius 1 is 1.08 bits per heavy atom. The first kappa shape index (κ1) is 16.4. The molecule has 0 fully saturated rings. The molecular weight excluding hydrogens is 372 g/mol. The van der Waals surface area contributed by atoms with Gasteiger partial charge in [-0.15, -0.1) is 0 Å². The lowest BCUT2D eigenvalue weighted by Crippen LogP contribution is -2.27. The lowest BCUT2D eigenvalue weighted by atomic mass is 10.0. The van der Waals surface area contributed by atoms with Crippen molar-refractivity contribution in [2.24, 2.45) is 0 Å². The molecule has 2 aromatic rings. The largest absolute Gasteiger partial charge is 0.345 e. The number of carbonyl (C=O) groups excluding carboxylic acids is 3. The van der Waals surface area contributed by atoms with Crippen molar-refractivity contribution in [3.05, 3.63) is 69.2 Å².